The van der Waals surface area contributed by atoms with Crippen LogP contribution in [0, 0.1) is 17.6 Å². The first-order valence-corrected chi connectivity index (χ1v) is 11.7. The number of aliphatic carboxylic acids is 1. The van der Waals surface area contributed by atoms with Gasteiger partial charge in [-0.05, 0) is 43.0 Å². The third kappa shape index (κ3) is 9.90. The van der Waals surface area contributed by atoms with Gasteiger partial charge in [-0.1, -0.05) is 32.0 Å². The Morgan fingerprint density at radius 1 is 1.09 bits per heavy atom. The number of benzene rings is 2. The van der Waals surface area contributed by atoms with E-state index in [-0.39, 0.29) is 31.2 Å². The van der Waals surface area contributed by atoms with E-state index >= 15 is 0 Å². The summed E-state index contributed by atoms with van der Waals surface area (Å²) in [5, 5.41) is 11.9. The molecule has 1 unspecified atom stereocenters. The van der Waals surface area contributed by atoms with Crippen molar-refractivity contribution in [2.75, 3.05) is 26.3 Å². The largest absolute Gasteiger partial charge is 0.492 e. The Morgan fingerprint density at radius 2 is 1.80 bits per heavy atom. The summed E-state index contributed by atoms with van der Waals surface area (Å²) in [6.45, 7) is 7.20. The molecule has 0 fully saturated rings. The molecule has 0 aliphatic heterocycles. The molecule has 2 aromatic carbocycles. The van der Waals surface area contributed by atoms with Gasteiger partial charge in [0.15, 0.2) is 6.10 Å². The number of nitrogens with one attached hydrogen (secondary N) is 1. The Labute approximate surface area is 205 Å². The highest BCUT2D eigenvalue weighted by molar-refractivity contribution is 5.74. The molecule has 2 amide bonds. The van der Waals surface area contributed by atoms with Crippen LogP contribution in [-0.2, 0) is 22.5 Å². The van der Waals surface area contributed by atoms with Gasteiger partial charge in [0.05, 0.1) is 6.54 Å². The Bertz CT molecular complexity index is 953. The van der Waals surface area contributed by atoms with Crippen molar-refractivity contribution in [3.63, 3.8) is 0 Å². The van der Waals surface area contributed by atoms with Crippen LogP contribution in [0.15, 0.2) is 42.5 Å². The fourth-order valence-electron chi connectivity index (χ4n) is 3.30. The van der Waals surface area contributed by atoms with Crippen molar-refractivity contribution in [2.24, 2.45) is 5.92 Å². The summed E-state index contributed by atoms with van der Waals surface area (Å²) >= 11 is 0. The molecule has 9 heteroatoms. The highest BCUT2D eigenvalue weighted by Gasteiger charge is 2.18. The lowest BCUT2D eigenvalue weighted by molar-refractivity contribution is -0.149. The number of nitrogens with zero attached hydrogens (tertiary/aromatic N) is 1. The maximum absolute atomic E-state index is 13.9. The molecule has 2 N–H and O–H groups in total. The van der Waals surface area contributed by atoms with Crippen molar-refractivity contribution in [2.45, 2.75) is 46.3 Å². The first kappa shape index (κ1) is 28.0. The summed E-state index contributed by atoms with van der Waals surface area (Å²) in [5.41, 5.74) is 1.01. The van der Waals surface area contributed by atoms with E-state index < -0.39 is 23.7 Å². The van der Waals surface area contributed by atoms with E-state index in [0.717, 1.165) is 24.1 Å². The normalized spacial score (nSPS) is 11.8. The maximum Gasteiger partial charge on any atom is 0.333 e. The third-order valence-electron chi connectivity index (χ3n) is 5.33. The summed E-state index contributed by atoms with van der Waals surface area (Å²) < 4.78 is 38.0. The number of halogens is 2. The fourth-order valence-corrected chi connectivity index (χ4v) is 3.30. The number of urea groups is 1. The molecular formula is C26H34F2N2O5. The number of ether oxygens (including phenoxy) is 2. The first-order valence-electron chi connectivity index (χ1n) is 11.7. The zero-order valence-electron chi connectivity index (χ0n) is 20.4. The number of carboxylic acids is 1. The zero-order chi connectivity index (χ0) is 25.8. The quantitative estimate of drug-likeness (QED) is 0.401. The van der Waals surface area contributed by atoms with Crippen molar-refractivity contribution < 1.29 is 33.0 Å². The molecule has 2 aromatic rings. The van der Waals surface area contributed by atoms with Gasteiger partial charge in [0.1, 0.15) is 24.0 Å². The Morgan fingerprint density at radius 3 is 2.40 bits per heavy atom. The zero-order valence-corrected chi connectivity index (χ0v) is 20.4. The Kier molecular flexibility index (Phi) is 11.4. The summed E-state index contributed by atoms with van der Waals surface area (Å²) in [4.78, 5) is 25.6. The molecule has 0 heterocycles. The molecule has 192 valence electrons. The first-order chi connectivity index (χ1) is 16.7. The lowest BCUT2D eigenvalue weighted by atomic mass is 10.1. The van der Waals surface area contributed by atoms with Crippen molar-refractivity contribution in [3.05, 3.63) is 65.2 Å². The van der Waals surface area contributed by atoms with Crippen LogP contribution in [0.1, 0.15) is 38.3 Å². The average Bonchev–Trinajstić information content (AvgIpc) is 2.81. The van der Waals surface area contributed by atoms with Gasteiger partial charge in [-0.3, -0.25) is 0 Å². The van der Waals surface area contributed by atoms with Gasteiger partial charge in [0.25, 0.3) is 0 Å². The van der Waals surface area contributed by atoms with E-state index in [9.17, 15) is 23.5 Å². The van der Waals surface area contributed by atoms with Crippen LogP contribution in [0.2, 0.25) is 0 Å². The van der Waals surface area contributed by atoms with Crippen LogP contribution < -0.4 is 10.1 Å². The summed E-state index contributed by atoms with van der Waals surface area (Å²) in [7, 11) is 0. The second kappa shape index (κ2) is 14.3. The minimum absolute atomic E-state index is 0.0511. The number of carbonyl (C=O) groups is 2. The van der Waals surface area contributed by atoms with Crippen LogP contribution in [0.3, 0.4) is 0 Å². The van der Waals surface area contributed by atoms with Crippen molar-refractivity contribution in [3.8, 4) is 5.75 Å². The van der Waals surface area contributed by atoms with E-state index in [4.69, 9.17) is 9.47 Å². The predicted molar refractivity (Wildman–Crippen MR) is 128 cm³/mol. The van der Waals surface area contributed by atoms with Gasteiger partial charge in [0, 0.05) is 37.7 Å². The lowest BCUT2D eigenvalue weighted by Crippen LogP contribution is -2.42. The molecule has 0 aliphatic rings. The summed E-state index contributed by atoms with van der Waals surface area (Å²) in [6, 6.07) is 9.95. The molecule has 0 radical (unpaired) electrons. The number of hydrogen-bond donors (Lipinski definition) is 2. The molecule has 0 bridgehead atoms. The SMILES string of the molecule is CCOC(Cc1ccc(OCCN(CCC(C)C)C(=O)NCc2ccc(F)cc2F)cc1)C(=O)O. The molecule has 0 aliphatic carbocycles. The van der Waals surface area contributed by atoms with Crippen molar-refractivity contribution in [1.82, 2.24) is 10.2 Å². The molecule has 35 heavy (non-hydrogen) atoms. The average molecular weight is 493 g/mol. The minimum atomic E-state index is -1.01. The Hall–Kier alpha value is -3.20. The second-order valence-electron chi connectivity index (χ2n) is 8.54. The number of carboxylic acid groups (broad SMARTS) is 1. The van der Waals surface area contributed by atoms with Gasteiger partial charge < -0.3 is 24.8 Å². The topological polar surface area (TPSA) is 88.1 Å². The van der Waals surface area contributed by atoms with Gasteiger partial charge in [-0.25, -0.2) is 18.4 Å². The number of amides is 2. The minimum Gasteiger partial charge on any atom is -0.492 e. The van der Waals surface area contributed by atoms with E-state index in [1.165, 1.54) is 6.07 Å². The molecular weight excluding hydrogens is 458 g/mol. The van der Waals surface area contributed by atoms with Crippen LogP contribution in [-0.4, -0.2) is 54.4 Å². The molecule has 0 saturated carbocycles. The predicted octanol–water partition coefficient (Wildman–Crippen LogP) is 4.63. The monoisotopic (exact) mass is 492 g/mol. The van der Waals surface area contributed by atoms with Gasteiger partial charge in [0.2, 0.25) is 0 Å². The highest BCUT2D eigenvalue weighted by atomic mass is 19.1. The molecule has 1 atom stereocenters. The molecule has 0 saturated heterocycles. The van der Waals surface area contributed by atoms with Gasteiger partial charge in [-0.15, -0.1) is 0 Å². The summed E-state index contributed by atoms with van der Waals surface area (Å²) in [5.74, 6) is -1.40. The third-order valence-corrected chi connectivity index (χ3v) is 5.33. The fraction of sp³-hybridized carbons (Fsp3) is 0.462. The van der Waals surface area contributed by atoms with E-state index in [1.54, 1.807) is 36.1 Å². The van der Waals surface area contributed by atoms with Crippen LogP contribution in [0.5, 0.6) is 5.75 Å². The van der Waals surface area contributed by atoms with Crippen LogP contribution in [0.4, 0.5) is 13.6 Å². The van der Waals surface area contributed by atoms with Crippen LogP contribution >= 0.6 is 0 Å². The molecule has 7 nitrogen and oxygen atoms in total. The number of carbonyl (C=O) groups excluding carboxylic acids is 1. The Balaban J connectivity index is 1.89. The van der Waals surface area contributed by atoms with E-state index in [0.29, 0.717) is 31.4 Å². The summed E-state index contributed by atoms with van der Waals surface area (Å²) in [6.07, 6.45) is 0.141. The maximum atomic E-state index is 13.9. The molecule has 0 spiro atoms. The molecule has 0 aromatic heterocycles. The van der Waals surface area contributed by atoms with E-state index in [1.807, 2.05) is 0 Å². The number of rotatable bonds is 14. The standard InChI is InChI=1S/C26H34F2N2O5/c1-4-34-24(25(31)32)15-19-5-9-22(10-6-19)35-14-13-30(12-11-18(2)3)26(33)29-17-20-7-8-21(27)16-23(20)28/h5-10,16,18,24H,4,11-15,17H2,1-3H3,(H,29,33)(H,31,32). The van der Waals surface area contributed by atoms with E-state index in [2.05, 4.69) is 19.2 Å². The number of hydrogen-bond acceptors (Lipinski definition) is 4. The lowest BCUT2D eigenvalue weighted by Gasteiger charge is -2.24. The van der Waals surface area contributed by atoms with Crippen molar-refractivity contribution in [1.29, 1.82) is 0 Å². The van der Waals surface area contributed by atoms with Crippen molar-refractivity contribution >= 4 is 12.0 Å². The van der Waals surface area contributed by atoms with Gasteiger partial charge >= 0.3 is 12.0 Å². The van der Waals surface area contributed by atoms with Crippen LogP contribution in [0.25, 0.3) is 0 Å². The highest BCUT2D eigenvalue weighted by Crippen LogP contribution is 2.15. The molecule has 2 rings (SSSR count). The van der Waals surface area contributed by atoms with Gasteiger partial charge in [-0.2, -0.15) is 0 Å². The second-order valence-corrected chi connectivity index (χ2v) is 8.54. The smallest absolute Gasteiger partial charge is 0.333 e.